The van der Waals surface area contributed by atoms with Gasteiger partial charge < -0.3 is 9.84 Å². The van der Waals surface area contributed by atoms with Gasteiger partial charge in [-0.05, 0) is 47.7 Å². The molecule has 2 rings (SSSR count). The Morgan fingerprint density at radius 3 is 2.82 bits per heavy atom. The molecule has 0 saturated carbocycles. The van der Waals surface area contributed by atoms with Gasteiger partial charge in [0.05, 0.1) is 0 Å². The van der Waals surface area contributed by atoms with Crippen LogP contribution < -0.4 is 10.6 Å². The zero-order valence-corrected chi connectivity index (χ0v) is 11.2. The van der Waals surface area contributed by atoms with Crippen molar-refractivity contribution in [3.05, 3.63) is 39.7 Å². The standard InChI is InChI=1S/C11H10IN3O2/c1-7-5-10(15-17-7)14-11(16)13-9-4-2-3-8(12)6-9/h2-6H,1H3,(H2,13,14,15,16). The topological polar surface area (TPSA) is 67.2 Å². The number of nitrogens with one attached hydrogen (secondary N) is 2. The van der Waals surface area contributed by atoms with Crippen LogP contribution in [0.5, 0.6) is 0 Å². The number of hydrogen-bond acceptors (Lipinski definition) is 3. The van der Waals surface area contributed by atoms with E-state index in [0.717, 1.165) is 9.26 Å². The predicted molar refractivity (Wildman–Crippen MR) is 73.0 cm³/mol. The van der Waals surface area contributed by atoms with Crippen molar-refractivity contribution in [2.24, 2.45) is 0 Å². The molecule has 0 saturated heterocycles. The molecule has 6 heteroatoms. The van der Waals surface area contributed by atoms with E-state index in [4.69, 9.17) is 4.52 Å². The maximum atomic E-state index is 11.6. The van der Waals surface area contributed by atoms with Crippen molar-refractivity contribution in [1.29, 1.82) is 0 Å². The fourth-order valence-electron chi connectivity index (χ4n) is 1.27. The minimum atomic E-state index is -0.347. The van der Waals surface area contributed by atoms with Gasteiger partial charge in [0.15, 0.2) is 5.82 Å². The molecule has 1 aromatic carbocycles. The van der Waals surface area contributed by atoms with Gasteiger partial charge in [-0.1, -0.05) is 11.2 Å². The second-order valence-electron chi connectivity index (χ2n) is 3.41. The molecule has 5 nitrogen and oxygen atoms in total. The minimum Gasteiger partial charge on any atom is -0.360 e. The number of carbonyl (C=O) groups is 1. The Bertz CT molecular complexity index is 539. The fraction of sp³-hybridized carbons (Fsp3) is 0.0909. The van der Waals surface area contributed by atoms with Crippen LogP contribution in [0, 0.1) is 10.5 Å². The summed E-state index contributed by atoms with van der Waals surface area (Å²) in [5.41, 5.74) is 0.731. The fourth-order valence-corrected chi connectivity index (χ4v) is 1.81. The van der Waals surface area contributed by atoms with E-state index in [1.54, 1.807) is 13.0 Å². The van der Waals surface area contributed by atoms with Crippen LogP contribution in [-0.2, 0) is 0 Å². The molecular formula is C11H10IN3O2. The van der Waals surface area contributed by atoms with Crippen LogP contribution in [0.2, 0.25) is 0 Å². The molecule has 2 amide bonds. The number of urea groups is 1. The molecule has 0 bridgehead atoms. The zero-order chi connectivity index (χ0) is 12.3. The van der Waals surface area contributed by atoms with E-state index in [2.05, 4.69) is 38.4 Å². The van der Waals surface area contributed by atoms with E-state index in [9.17, 15) is 4.79 Å². The number of halogens is 1. The second-order valence-corrected chi connectivity index (χ2v) is 4.66. The molecule has 1 aromatic heterocycles. The summed E-state index contributed by atoms with van der Waals surface area (Å²) in [6.45, 7) is 1.76. The van der Waals surface area contributed by atoms with Crippen molar-refractivity contribution < 1.29 is 9.32 Å². The van der Waals surface area contributed by atoms with Crippen LogP contribution in [0.1, 0.15) is 5.76 Å². The Labute approximate surface area is 112 Å². The molecule has 0 aliphatic heterocycles. The van der Waals surface area contributed by atoms with Crippen LogP contribution in [-0.4, -0.2) is 11.2 Å². The normalized spacial score (nSPS) is 10.0. The SMILES string of the molecule is Cc1cc(NC(=O)Nc2cccc(I)c2)no1. The number of amides is 2. The molecule has 0 fully saturated rings. The van der Waals surface area contributed by atoms with Crippen molar-refractivity contribution >= 4 is 40.1 Å². The maximum absolute atomic E-state index is 11.6. The Kier molecular flexibility index (Phi) is 3.62. The first-order valence-electron chi connectivity index (χ1n) is 4.90. The van der Waals surface area contributed by atoms with Gasteiger partial charge in [-0.25, -0.2) is 4.79 Å². The molecule has 0 aliphatic rings. The summed E-state index contributed by atoms with van der Waals surface area (Å²) < 4.78 is 5.89. The van der Waals surface area contributed by atoms with Crippen molar-refractivity contribution in [3.8, 4) is 0 Å². The van der Waals surface area contributed by atoms with Crippen LogP contribution >= 0.6 is 22.6 Å². The van der Waals surface area contributed by atoms with E-state index < -0.39 is 0 Å². The highest BCUT2D eigenvalue weighted by Crippen LogP contribution is 2.13. The number of carbonyl (C=O) groups excluding carboxylic acids is 1. The summed E-state index contributed by atoms with van der Waals surface area (Å²) in [5, 5.41) is 8.94. The van der Waals surface area contributed by atoms with E-state index in [0.29, 0.717) is 11.6 Å². The lowest BCUT2D eigenvalue weighted by atomic mass is 10.3. The quantitative estimate of drug-likeness (QED) is 0.823. The van der Waals surface area contributed by atoms with E-state index >= 15 is 0 Å². The van der Waals surface area contributed by atoms with Crippen LogP contribution in [0.15, 0.2) is 34.9 Å². The Hall–Kier alpha value is -1.57. The molecular weight excluding hydrogens is 333 g/mol. The maximum Gasteiger partial charge on any atom is 0.324 e. The summed E-state index contributed by atoms with van der Waals surface area (Å²) in [7, 11) is 0. The highest BCUT2D eigenvalue weighted by molar-refractivity contribution is 14.1. The van der Waals surface area contributed by atoms with Gasteiger partial charge in [0.25, 0.3) is 0 Å². The molecule has 0 spiro atoms. The van der Waals surface area contributed by atoms with Gasteiger partial charge in [0.2, 0.25) is 0 Å². The number of aryl methyl sites for hydroxylation is 1. The average Bonchev–Trinajstić information content (AvgIpc) is 2.63. The highest BCUT2D eigenvalue weighted by Gasteiger charge is 2.05. The third-order valence-corrected chi connectivity index (χ3v) is 2.62. The predicted octanol–water partition coefficient (Wildman–Crippen LogP) is 3.23. The molecule has 0 aliphatic carbocycles. The van der Waals surface area contributed by atoms with Crippen molar-refractivity contribution in [3.63, 3.8) is 0 Å². The van der Waals surface area contributed by atoms with Crippen molar-refractivity contribution in [2.45, 2.75) is 6.92 Å². The molecule has 0 unspecified atom stereocenters. The summed E-state index contributed by atoms with van der Waals surface area (Å²) in [6.07, 6.45) is 0. The number of nitrogens with zero attached hydrogens (tertiary/aromatic N) is 1. The lowest BCUT2D eigenvalue weighted by Gasteiger charge is -2.05. The third-order valence-electron chi connectivity index (χ3n) is 1.95. The summed E-state index contributed by atoms with van der Waals surface area (Å²) >= 11 is 2.18. The minimum absolute atomic E-state index is 0.347. The number of aromatic nitrogens is 1. The van der Waals surface area contributed by atoms with E-state index in [-0.39, 0.29) is 6.03 Å². The monoisotopic (exact) mass is 343 g/mol. The first-order valence-corrected chi connectivity index (χ1v) is 5.98. The number of rotatable bonds is 2. The number of benzene rings is 1. The van der Waals surface area contributed by atoms with Crippen LogP contribution in [0.3, 0.4) is 0 Å². The zero-order valence-electron chi connectivity index (χ0n) is 9.03. The van der Waals surface area contributed by atoms with Gasteiger partial charge in [-0.2, -0.15) is 0 Å². The third kappa shape index (κ3) is 3.45. The second kappa shape index (κ2) is 5.17. The lowest BCUT2D eigenvalue weighted by Crippen LogP contribution is -2.19. The van der Waals surface area contributed by atoms with Gasteiger partial charge in [-0.15, -0.1) is 0 Å². The van der Waals surface area contributed by atoms with Gasteiger partial charge in [0.1, 0.15) is 5.76 Å². The van der Waals surface area contributed by atoms with Crippen molar-refractivity contribution in [1.82, 2.24) is 5.16 Å². The Balaban J connectivity index is 1.98. The van der Waals surface area contributed by atoms with Gasteiger partial charge in [-0.3, -0.25) is 5.32 Å². The van der Waals surface area contributed by atoms with E-state index in [1.807, 2.05) is 24.3 Å². The summed E-state index contributed by atoms with van der Waals surface area (Å²) in [6, 6.07) is 8.81. The molecule has 17 heavy (non-hydrogen) atoms. The molecule has 88 valence electrons. The first-order chi connectivity index (χ1) is 8.13. The van der Waals surface area contributed by atoms with Crippen molar-refractivity contribution in [2.75, 3.05) is 10.6 Å². The molecule has 0 radical (unpaired) electrons. The Morgan fingerprint density at radius 2 is 2.18 bits per heavy atom. The largest absolute Gasteiger partial charge is 0.360 e. The average molecular weight is 343 g/mol. The molecule has 2 aromatic rings. The van der Waals surface area contributed by atoms with Gasteiger partial charge >= 0.3 is 6.03 Å². The van der Waals surface area contributed by atoms with Gasteiger partial charge in [0, 0.05) is 15.3 Å². The molecule has 1 heterocycles. The van der Waals surface area contributed by atoms with Crippen LogP contribution in [0.4, 0.5) is 16.3 Å². The summed E-state index contributed by atoms with van der Waals surface area (Å²) in [4.78, 5) is 11.6. The Morgan fingerprint density at radius 1 is 1.35 bits per heavy atom. The number of hydrogen-bond donors (Lipinski definition) is 2. The smallest absolute Gasteiger partial charge is 0.324 e. The lowest BCUT2D eigenvalue weighted by molar-refractivity contribution is 0.262. The molecule has 0 atom stereocenters. The number of anilines is 2. The van der Waals surface area contributed by atoms with Crippen LogP contribution in [0.25, 0.3) is 0 Å². The summed E-state index contributed by atoms with van der Waals surface area (Å²) in [5.74, 6) is 1.04. The molecule has 2 N–H and O–H groups in total. The first kappa shape index (κ1) is 11.9. The van der Waals surface area contributed by atoms with E-state index in [1.165, 1.54) is 0 Å². The highest BCUT2D eigenvalue weighted by atomic mass is 127.